The van der Waals surface area contributed by atoms with E-state index in [1.807, 2.05) is 12.3 Å². The van der Waals surface area contributed by atoms with Crippen LogP contribution < -0.4 is 5.32 Å². The number of aromatic nitrogens is 3. The quantitative estimate of drug-likeness (QED) is 0.807. The number of nitrogens with zero attached hydrogens (tertiary/aromatic N) is 3. The van der Waals surface area contributed by atoms with Crippen LogP contribution in [0.2, 0.25) is 0 Å². The summed E-state index contributed by atoms with van der Waals surface area (Å²) < 4.78 is 2.23. The van der Waals surface area contributed by atoms with Crippen molar-refractivity contribution in [2.45, 2.75) is 26.2 Å². The van der Waals surface area contributed by atoms with Crippen LogP contribution in [0.3, 0.4) is 0 Å². The third kappa shape index (κ3) is 2.86. The van der Waals surface area contributed by atoms with Gasteiger partial charge < -0.3 is 5.32 Å². The van der Waals surface area contributed by atoms with Crippen LogP contribution in [0.25, 0.3) is 16.9 Å². The molecule has 1 aliphatic heterocycles. The average Bonchev–Trinajstić information content (AvgIpc) is 2.94. The molecule has 0 aliphatic carbocycles. The molecule has 1 saturated heterocycles. The predicted octanol–water partition coefficient (Wildman–Crippen LogP) is 3.27. The summed E-state index contributed by atoms with van der Waals surface area (Å²) in [5.74, 6) is 1.78. The Morgan fingerprint density at radius 2 is 2.09 bits per heavy atom. The summed E-state index contributed by atoms with van der Waals surface area (Å²) >= 11 is 0. The number of hydrogen-bond donors (Lipinski definition) is 1. The van der Waals surface area contributed by atoms with E-state index in [9.17, 15) is 0 Å². The van der Waals surface area contributed by atoms with Crippen LogP contribution in [0.15, 0.2) is 42.6 Å². The Bertz CT molecular complexity index is 798. The molecule has 0 amide bonds. The summed E-state index contributed by atoms with van der Waals surface area (Å²) in [7, 11) is 0. The second kappa shape index (κ2) is 6.13. The maximum atomic E-state index is 4.88. The van der Waals surface area contributed by atoms with E-state index in [-0.39, 0.29) is 0 Å². The molecule has 4 heteroatoms. The first-order valence-corrected chi connectivity index (χ1v) is 8.41. The lowest BCUT2D eigenvalue weighted by molar-refractivity contribution is 0.370. The van der Waals surface area contributed by atoms with Gasteiger partial charge in [-0.1, -0.05) is 17.7 Å². The number of benzene rings is 1. The van der Waals surface area contributed by atoms with Crippen LogP contribution in [0, 0.1) is 12.8 Å². The van der Waals surface area contributed by atoms with Crippen molar-refractivity contribution in [1.82, 2.24) is 19.9 Å². The van der Waals surface area contributed by atoms with Gasteiger partial charge in [0.15, 0.2) is 5.65 Å². The number of piperidine rings is 1. The fourth-order valence-electron chi connectivity index (χ4n) is 3.42. The fourth-order valence-corrected chi connectivity index (χ4v) is 3.42. The van der Waals surface area contributed by atoms with Crippen molar-refractivity contribution in [3.05, 3.63) is 54.0 Å². The van der Waals surface area contributed by atoms with Gasteiger partial charge in [0.2, 0.25) is 0 Å². The lowest BCUT2D eigenvalue weighted by Gasteiger charge is -2.22. The first-order chi connectivity index (χ1) is 11.3. The summed E-state index contributed by atoms with van der Waals surface area (Å²) in [6, 6.07) is 12.6. The number of rotatable bonds is 3. The molecule has 0 bridgehead atoms. The summed E-state index contributed by atoms with van der Waals surface area (Å²) in [5.41, 5.74) is 4.35. The van der Waals surface area contributed by atoms with E-state index in [0.29, 0.717) is 5.92 Å². The Hall–Kier alpha value is -2.20. The van der Waals surface area contributed by atoms with E-state index in [0.717, 1.165) is 42.2 Å². The largest absolute Gasteiger partial charge is 0.316 e. The van der Waals surface area contributed by atoms with Crippen LogP contribution >= 0.6 is 0 Å². The zero-order valence-electron chi connectivity index (χ0n) is 13.5. The van der Waals surface area contributed by atoms with Crippen LogP contribution in [0.5, 0.6) is 0 Å². The summed E-state index contributed by atoms with van der Waals surface area (Å²) in [6.07, 6.45) is 5.38. The Morgan fingerprint density at radius 1 is 1.22 bits per heavy atom. The number of imidazole rings is 1. The molecular formula is C19H22N4. The molecule has 1 aliphatic rings. The van der Waals surface area contributed by atoms with Crippen LogP contribution in [-0.2, 0) is 6.42 Å². The lowest BCUT2D eigenvalue weighted by atomic mass is 9.96. The first-order valence-electron chi connectivity index (χ1n) is 8.41. The highest BCUT2D eigenvalue weighted by Gasteiger charge is 2.19. The summed E-state index contributed by atoms with van der Waals surface area (Å²) in [4.78, 5) is 9.46. The smallest absolute Gasteiger partial charge is 0.164 e. The number of nitrogens with one attached hydrogen (secondary N) is 1. The van der Waals surface area contributed by atoms with Crippen molar-refractivity contribution in [1.29, 1.82) is 0 Å². The van der Waals surface area contributed by atoms with Crippen LogP contribution in [0.1, 0.15) is 24.2 Å². The molecule has 3 heterocycles. The Kier molecular flexibility index (Phi) is 3.83. The molecule has 118 valence electrons. The van der Waals surface area contributed by atoms with Gasteiger partial charge in [0.05, 0.1) is 0 Å². The molecule has 23 heavy (non-hydrogen) atoms. The van der Waals surface area contributed by atoms with Gasteiger partial charge in [-0.25, -0.2) is 9.97 Å². The highest BCUT2D eigenvalue weighted by molar-refractivity contribution is 5.73. The molecule has 1 N–H and O–H groups in total. The maximum absolute atomic E-state index is 4.88. The van der Waals surface area contributed by atoms with Gasteiger partial charge in [-0.3, -0.25) is 4.57 Å². The second-order valence-corrected chi connectivity index (χ2v) is 6.46. The van der Waals surface area contributed by atoms with E-state index in [2.05, 4.69) is 52.1 Å². The molecule has 4 rings (SSSR count). The van der Waals surface area contributed by atoms with Crippen molar-refractivity contribution >= 4 is 11.2 Å². The summed E-state index contributed by atoms with van der Waals surface area (Å²) in [5, 5.41) is 3.50. The molecular weight excluding hydrogens is 284 g/mol. The Balaban J connectivity index is 1.79. The molecule has 2 aromatic heterocycles. The fraction of sp³-hybridized carbons (Fsp3) is 0.368. The minimum Gasteiger partial charge on any atom is -0.316 e. The monoisotopic (exact) mass is 306 g/mol. The van der Waals surface area contributed by atoms with Crippen molar-refractivity contribution in [3.8, 4) is 5.69 Å². The highest BCUT2D eigenvalue weighted by Crippen LogP contribution is 2.24. The number of fused-ring (bicyclic) bond motifs is 1. The highest BCUT2D eigenvalue weighted by atomic mass is 15.1. The molecule has 1 atom stereocenters. The molecule has 1 fully saturated rings. The van der Waals surface area contributed by atoms with Crippen molar-refractivity contribution in [2.75, 3.05) is 13.1 Å². The van der Waals surface area contributed by atoms with Gasteiger partial charge in [-0.15, -0.1) is 0 Å². The van der Waals surface area contributed by atoms with Gasteiger partial charge in [-0.05, 0) is 63.0 Å². The zero-order valence-corrected chi connectivity index (χ0v) is 13.5. The van der Waals surface area contributed by atoms with E-state index < -0.39 is 0 Å². The third-order valence-corrected chi connectivity index (χ3v) is 4.65. The van der Waals surface area contributed by atoms with E-state index in [1.165, 1.54) is 18.4 Å². The zero-order chi connectivity index (χ0) is 15.6. The average molecular weight is 306 g/mol. The first kappa shape index (κ1) is 14.4. The molecule has 0 spiro atoms. The minimum absolute atomic E-state index is 0.657. The predicted molar refractivity (Wildman–Crippen MR) is 92.9 cm³/mol. The molecule has 4 nitrogen and oxygen atoms in total. The molecule has 1 unspecified atom stereocenters. The lowest BCUT2D eigenvalue weighted by Crippen LogP contribution is -2.31. The summed E-state index contributed by atoms with van der Waals surface area (Å²) in [6.45, 7) is 4.35. The molecule has 3 aromatic rings. The van der Waals surface area contributed by atoms with E-state index in [4.69, 9.17) is 4.98 Å². The molecule has 0 saturated carbocycles. The topological polar surface area (TPSA) is 42.7 Å². The molecule has 1 aromatic carbocycles. The van der Waals surface area contributed by atoms with Gasteiger partial charge in [0, 0.05) is 18.3 Å². The van der Waals surface area contributed by atoms with Crippen LogP contribution in [-0.4, -0.2) is 27.6 Å². The Labute approximate surface area is 136 Å². The van der Waals surface area contributed by atoms with E-state index >= 15 is 0 Å². The number of aryl methyl sites for hydroxylation is 1. The van der Waals surface area contributed by atoms with Gasteiger partial charge >= 0.3 is 0 Å². The maximum Gasteiger partial charge on any atom is 0.164 e. The standard InChI is InChI=1S/C19H22N4/c1-14-6-8-16(9-7-14)23-18(12-15-4-2-10-20-13-15)22-17-5-3-11-21-19(17)23/h3,5-9,11,15,20H,2,4,10,12-13H2,1H3. The molecule has 0 radical (unpaired) electrons. The van der Waals surface area contributed by atoms with Gasteiger partial charge in [0.25, 0.3) is 0 Å². The third-order valence-electron chi connectivity index (χ3n) is 4.65. The minimum atomic E-state index is 0.657. The Morgan fingerprint density at radius 3 is 2.87 bits per heavy atom. The van der Waals surface area contributed by atoms with Gasteiger partial charge in [0.1, 0.15) is 11.3 Å². The number of pyridine rings is 1. The van der Waals surface area contributed by atoms with Crippen molar-refractivity contribution in [3.63, 3.8) is 0 Å². The van der Waals surface area contributed by atoms with Gasteiger partial charge in [-0.2, -0.15) is 0 Å². The van der Waals surface area contributed by atoms with Crippen LogP contribution in [0.4, 0.5) is 0 Å². The SMILES string of the molecule is Cc1ccc(-n2c(CC3CCCNC3)nc3cccnc32)cc1. The number of hydrogen-bond acceptors (Lipinski definition) is 3. The van der Waals surface area contributed by atoms with E-state index in [1.54, 1.807) is 0 Å². The van der Waals surface area contributed by atoms with Crippen molar-refractivity contribution < 1.29 is 0 Å². The normalized spacial score (nSPS) is 18.4. The second-order valence-electron chi connectivity index (χ2n) is 6.46. The van der Waals surface area contributed by atoms with Crippen molar-refractivity contribution in [2.24, 2.45) is 5.92 Å².